The molecular weight excluding hydrogens is 313 g/mol. The molecule has 0 aliphatic carbocycles. The molecule has 21 heavy (non-hydrogen) atoms. The third-order valence-electron chi connectivity index (χ3n) is 2.49. The molecule has 0 saturated carbocycles. The van der Waals surface area contributed by atoms with Crippen molar-refractivity contribution in [2.24, 2.45) is 0 Å². The Labute approximate surface area is 122 Å². The predicted molar refractivity (Wildman–Crippen MR) is 68.2 cm³/mol. The lowest BCUT2D eigenvalue weighted by atomic mass is 10.3. The Morgan fingerprint density at radius 3 is 2.86 bits per heavy atom. The molecule has 0 saturated heterocycles. The van der Waals surface area contributed by atoms with E-state index in [2.05, 4.69) is 4.98 Å². The molecule has 0 fully saturated rings. The minimum atomic E-state index is -4.46. The van der Waals surface area contributed by atoms with Gasteiger partial charge in [-0.1, -0.05) is 11.6 Å². The molecule has 1 heterocycles. The monoisotopic (exact) mass is 322 g/mol. The minimum absolute atomic E-state index is 0.207. The molecule has 0 radical (unpaired) electrons. The lowest BCUT2D eigenvalue weighted by Gasteiger charge is -2.18. The Hall–Kier alpha value is -1.96. The van der Waals surface area contributed by atoms with E-state index in [0.29, 0.717) is 21.0 Å². The standard InChI is InChI=1S/C12H10ClF3N2O3/c1-18(6-12(14,15)16)10(19)5-20-11-17-8-4-7(13)2-3-9(8)21-11/h2-4H,5-6H2,1H3. The second-order valence-corrected chi connectivity index (χ2v) is 4.68. The average molecular weight is 323 g/mol. The molecule has 2 rings (SSSR count). The van der Waals surface area contributed by atoms with Crippen LogP contribution in [-0.2, 0) is 4.79 Å². The summed E-state index contributed by atoms with van der Waals surface area (Å²) in [6.07, 6.45) is -4.67. The molecule has 0 aliphatic rings. The number of amides is 1. The van der Waals surface area contributed by atoms with Gasteiger partial charge >= 0.3 is 12.3 Å². The number of rotatable bonds is 4. The highest BCUT2D eigenvalue weighted by atomic mass is 35.5. The second-order valence-electron chi connectivity index (χ2n) is 4.25. The van der Waals surface area contributed by atoms with Gasteiger partial charge in [0, 0.05) is 12.1 Å². The van der Waals surface area contributed by atoms with E-state index >= 15 is 0 Å². The van der Waals surface area contributed by atoms with Crippen LogP contribution in [0, 0.1) is 0 Å². The van der Waals surface area contributed by atoms with Crippen LogP contribution in [0.4, 0.5) is 13.2 Å². The number of oxazole rings is 1. The van der Waals surface area contributed by atoms with Crippen molar-refractivity contribution >= 4 is 28.6 Å². The number of fused-ring (bicyclic) bond motifs is 1. The zero-order valence-electron chi connectivity index (χ0n) is 10.8. The van der Waals surface area contributed by atoms with Crippen molar-refractivity contribution in [1.82, 2.24) is 9.88 Å². The van der Waals surface area contributed by atoms with Gasteiger partial charge in [-0.05, 0) is 18.2 Å². The molecule has 0 N–H and O–H groups in total. The van der Waals surface area contributed by atoms with E-state index < -0.39 is 25.2 Å². The van der Waals surface area contributed by atoms with Gasteiger partial charge in [-0.2, -0.15) is 18.2 Å². The number of aromatic nitrogens is 1. The SMILES string of the molecule is CN(CC(F)(F)F)C(=O)COc1nc2cc(Cl)ccc2o1. The number of carbonyl (C=O) groups excluding carboxylic acids is 1. The van der Waals surface area contributed by atoms with E-state index in [1.807, 2.05) is 0 Å². The van der Waals surface area contributed by atoms with Gasteiger partial charge in [0.15, 0.2) is 12.2 Å². The summed E-state index contributed by atoms with van der Waals surface area (Å²) < 4.78 is 46.5. The van der Waals surface area contributed by atoms with Crippen molar-refractivity contribution in [3.8, 4) is 6.08 Å². The third kappa shape index (κ3) is 4.25. The van der Waals surface area contributed by atoms with Crippen molar-refractivity contribution in [2.75, 3.05) is 20.2 Å². The maximum absolute atomic E-state index is 12.1. The lowest BCUT2D eigenvalue weighted by Crippen LogP contribution is -2.38. The van der Waals surface area contributed by atoms with Crippen LogP contribution < -0.4 is 4.74 Å². The number of alkyl halides is 3. The fourth-order valence-electron chi connectivity index (χ4n) is 1.53. The van der Waals surface area contributed by atoms with Gasteiger partial charge < -0.3 is 14.1 Å². The van der Waals surface area contributed by atoms with Crippen molar-refractivity contribution in [1.29, 1.82) is 0 Å². The van der Waals surface area contributed by atoms with Crippen LogP contribution in [-0.4, -0.2) is 42.2 Å². The maximum Gasteiger partial charge on any atom is 0.406 e. The largest absolute Gasteiger partial charge is 0.440 e. The van der Waals surface area contributed by atoms with Crippen molar-refractivity contribution in [3.05, 3.63) is 23.2 Å². The van der Waals surface area contributed by atoms with Gasteiger partial charge in [0.1, 0.15) is 12.1 Å². The number of benzene rings is 1. The Bertz CT molecular complexity index is 657. The van der Waals surface area contributed by atoms with Crippen molar-refractivity contribution in [2.45, 2.75) is 6.18 Å². The molecule has 9 heteroatoms. The summed E-state index contributed by atoms with van der Waals surface area (Å²) in [6, 6.07) is 4.68. The van der Waals surface area contributed by atoms with Gasteiger partial charge in [-0.25, -0.2) is 0 Å². The number of hydrogen-bond donors (Lipinski definition) is 0. The first-order valence-corrected chi connectivity index (χ1v) is 6.12. The first-order chi connectivity index (χ1) is 9.74. The Kier molecular flexibility index (Phi) is 4.26. The van der Waals surface area contributed by atoms with Crippen LogP contribution in [0.3, 0.4) is 0 Å². The lowest BCUT2D eigenvalue weighted by molar-refractivity contribution is -0.159. The van der Waals surface area contributed by atoms with Gasteiger partial charge in [0.2, 0.25) is 0 Å². The highest BCUT2D eigenvalue weighted by molar-refractivity contribution is 6.31. The quantitative estimate of drug-likeness (QED) is 0.868. The zero-order chi connectivity index (χ0) is 15.6. The minimum Gasteiger partial charge on any atom is -0.440 e. The predicted octanol–water partition coefficient (Wildman–Crippen LogP) is 2.88. The number of likely N-dealkylation sites (N-methyl/N-ethyl adjacent to an activating group) is 1. The van der Waals surface area contributed by atoms with E-state index in [0.717, 1.165) is 7.05 Å². The van der Waals surface area contributed by atoms with Crippen molar-refractivity contribution < 1.29 is 27.1 Å². The third-order valence-corrected chi connectivity index (χ3v) is 2.73. The molecule has 5 nitrogen and oxygen atoms in total. The van der Waals surface area contributed by atoms with Gasteiger partial charge in [-0.3, -0.25) is 4.79 Å². The van der Waals surface area contributed by atoms with Crippen LogP contribution in [0.2, 0.25) is 5.02 Å². The highest BCUT2D eigenvalue weighted by Crippen LogP contribution is 2.23. The van der Waals surface area contributed by atoms with E-state index in [4.69, 9.17) is 20.8 Å². The summed E-state index contributed by atoms with van der Waals surface area (Å²) in [5, 5.41) is 0.448. The molecule has 2 aromatic rings. The summed E-state index contributed by atoms with van der Waals surface area (Å²) in [7, 11) is 1.03. The smallest absolute Gasteiger partial charge is 0.406 e. The number of hydrogen-bond acceptors (Lipinski definition) is 4. The molecule has 0 spiro atoms. The average Bonchev–Trinajstić information content (AvgIpc) is 2.75. The number of carbonyl (C=O) groups is 1. The molecule has 0 bridgehead atoms. The fourth-order valence-corrected chi connectivity index (χ4v) is 1.70. The zero-order valence-corrected chi connectivity index (χ0v) is 11.5. The van der Waals surface area contributed by atoms with Gasteiger partial charge in [0.05, 0.1) is 0 Å². The second kappa shape index (κ2) is 5.80. The molecule has 0 atom stereocenters. The van der Waals surface area contributed by atoms with Crippen LogP contribution in [0.15, 0.2) is 22.6 Å². The summed E-state index contributed by atoms with van der Waals surface area (Å²) in [5.41, 5.74) is 0.819. The van der Waals surface area contributed by atoms with E-state index in [1.54, 1.807) is 12.1 Å². The molecule has 1 amide bonds. The number of nitrogens with zero attached hydrogens (tertiary/aromatic N) is 2. The fraction of sp³-hybridized carbons (Fsp3) is 0.333. The van der Waals surface area contributed by atoms with Crippen LogP contribution in [0.25, 0.3) is 11.1 Å². The number of halogens is 4. The summed E-state index contributed by atoms with van der Waals surface area (Å²) >= 11 is 5.77. The van der Waals surface area contributed by atoms with Crippen LogP contribution in [0.5, 0.6) is 6.08 Å². The van der Waals surface area contributed by atoms with Crippen LogP contribution in [0.1, 0.15) is 0 Å². The first kappa shape index (κ1) is 15.4. The normalized spacial score (nSPS) is 11.7. The summed E-state index contributed by atoms with van der Waals surface area (Å²) in [5.74, 6) is -0.840. The first-order valence-electron chi connectivity index (χ1n) is 5.74. The number of ether oxygens (including phenoxy) is 1. The van der Waals surface area contributed by atoms with Crippen LogP contribution >= 0.6 is 11.6 Å². The van der Waals surface area contributed by atoms with Crippen molar-refractivity contribution in [3.63, 3.8) is 0 Å². The topological polar surface area (TPSA) is 55.6 Å². The molecule has 0 unspecified atom stereocenters. The molecule has 0 aliphatic heterocycles. The molecule has 114 valence electrons. The Morgan fingerprint density at radius 2 is 2.19 bits per heavy atom. The molecular formula is C12H10ClF3N2O3. The summed E-state index contributed by atoms with van der Waals surface area (Å²) in [6.45, 7) is -1.95. The molecule has 1 aromatic heterocycles. The van der Waals surface area contributed by atoms with Gasteiger partial charge in [-0.15, -0.1) is 0 Å². The Morgan fingerprint density at radius 1 is 1.48 bits per heavy atom. The van der Waals surface area contributed by atoms with E-state index in [1.165, 1.54) is 6.07 Å². The molecule has 1 aromatic carbocycles. The summed E-state index contributed by atoms with van der Waals surface area (Å²) in [4.78, 5) is 15.9. The Balaban J connectivity index is 1.96. The van der Waals surface area contributed by atoms with Gasteiger partial charge in [0.25, 0.3) is 5.91 Å². The van der Waals surface area contributed by atoms with E-state index in [9.17, 15) is 18.0 Å². The maximum atomic E-state index is 12.1. The van der Waals surface area contributed by atoms with E-state index in [-0.39, 0.29) is 6.08 Å². The highest BCUT2D eigenvalue weighted by Gasteiger charge is 2.31.